The maximum atomic E-state index is 13.1. The van der Waals surface area contributed by atoms with Gasteiger partial charge in [0.25, 0.3) is 0 Å². The van der Waals surface area contributed by atoms with Gasteiger partial charge in [-0.15, -0.1) is 0 Å². The van der Waals surface area contributed by atoms with Gasteiger partial charge in [-0.2, -0.15) is 15.0 Å². The van der Waals surface area contributed by atoms with Crippen molar-refractivity contribution in [3.8, 4) is 0 Å². The third kappa shape index (κ3) is 4.49. The van der Waals surface area contributed by atoms with Gasteiger partial charge in [0.05, 0.1) is 0 Å². The van der Waals surface area contributed by atoms with E-state index in [1.165, 1.54) is 17.6 Å². The predicted molar refractivity (Wildman–Crippen MR) is 113 cm³/mol. The van der Waals surface area contributed by atoms with Gasteiger partial charge in [0.15, 0.2) is 0 Å². The van der Waals surface area contributed by atoms with E-state index < -0.39 is 10.0 Å². The molecule has 1 fully saturated rings. The first kappa shape index (κ1) is 20.0. The summed E-state index contributed by atoms with van der Waals surface area (Å²) in [4.78, 5) is 3.98. The van der Waals surface area contributed by atoms with Gasteiger partial charge in [-0.05, 0) is 43.6 Å². The van der Waals surface area contributed by atoms with Crippen molar-refractivity contribution in [2.45, 2.75) is 36.6 Å². The third-order valence-corrected chi connectivity index (χ3v) is 6.95. The zero-order chi connectivity index (χ0) is 20.3. The van der Waals surface area contributed by atoms with Crippen molar-refractivity contribution >= 4 is 21.1 Å². The molecule has 1 atom stereocenters. The molecule has 0 bridgehead atoms. The number of fused-ring (bicyclic) bond motifs is 1. The van der Waals surface area contributed by atoms with E-state index in [-0.39, 0.29) is 10.9 Å². The van der Waals surface area contributed by atoms with Crippen LogP contribution < -0.4 is 4.72 Å². The maximum absolute atomic E-state index is 13.1. The van der Waals surface area contributed by atoms with Crippen LogP contribution in [0.5, 0.6) is 0 Å². The van der Waals surface area contributed by atoms with Crippen molar-refractivity contribution in [2.75, 3.05) is 19.6 Å². The van der Waals surface area contributed by atoms with Crippen LogP contribution in [0, 0.1) is 0 Å². The van der Waals surface area contributed by atoms with Crippen LogP contribution in [0.2, 0.25) is 0 Å². The van der Waals surface area contributed by atoms with Crippen molar-refractivity contribution in [1.82, 2.24) is 24.6 Å². The number of benzene rings is 2. The van der Waals surface area contributed by atoms with Gasteiger partial charge in [0.1, 0.15) is 15.9 Å². The summed E-state index contributed by atoms with van der Waals surface area (Å²) in [5.74, 6) is 0. The van der Waals surface area contributed by atoms with Gasteiger partial charge in [-0.3, -0.25) is 4.90 Å². The lowest BCUT2D eigenvalue weighted by Gasteiger charge is -2.31. The van der Waals surface area contributed by atoms with E-state index in [2.05, 4.69) is 32.0 Å². The van der Waals surface area contributed by atoms with E-state index in [9.17, 15) is 8.42 Å². The third-order valence-electron chi connectivity index (χ3n) is 5.50. The molecule has 2 heterocycles. The number of aryl methyl sites for hydroxylation is 1. The van der Waals surface area contributed by atoms with Crippen LogP contribution in [0.1, 0.15) is 37.3 Å². The minimum atomic E-state index is -3.72. The first-order chi connectivity index (χ1) is 14.0. The minimum absolute atomic E-state index is 0.00476. The molecular formula is C21H27N5O2S. The van der Waals surface area contributed by atoms with Crippen molar-refractivity contribution in [2.24, 2.45) is 7.05 Å². The largest absolute Gasteiger partial charge is 0.295 e. The fraction of sp³-hybridized carbons (Fsp3) is 0.429. The maximum Gasteiger partial charge on any atom is 0.242 e. The number of nitrogens with zero attached hydrogens (tertiary/aromatic N) is 4. The Bertz CT molecular complexity index is 1060. The molecule has 0 aliphatic carbocycles. The highest BCUT2D eigenvalue weighted by Gasteiger charge is 2.25. The van der Waals surface area contributed by atoms with Crippen molar-refractivity contribution in [3.63, 3.8) is 0 Å². The second-order valence-electron chi connectivity index (χ2n) is 7.54. The Kier molecular flexibility index (Phi) is 5.94. The van der Waals surface area contributed by atoms with E-state index in [0.29, 0.717) is 17.6 Å². The highest BCUT2D eigenvalue weighted by molar-refractivity contribution is 7.89. The molecule has 1 aliphatic heterocycles. The number of sulfonamides is 1. The molecule has 7 nitrogen and oxygen atoms in total. The first-order valence-electron chi connectivity index (χ1n) is 10.1. The van der Waals surface area contributed by atoms with E-state index >= 15 is 0 Å². The highest BCUT2D eigenvalue weighted by Crippen LogP contribution is 2.25. The summed E-state index contributed by atoms with van der Waals surface area (Å²) >= 11 is 0. The molecule has 0 saturated carbocycles. The second-order valence-corrected chi connectivity index (χ2v) is 9.28. The molecule has 1 aromatic heterocycles. The number of nitrogens with one attached hydrogen (secondary N) is 1. The Balaban J connectivity index is 1.60. The number of hydrogen-bond acceptors (Lipinski definition) is 5. The van der Waals surface area contributed by atoms with Crippen LogP contribution in [-0.2, 0) is 17.1 Å². The number of rotatable bonds is 6. The molecule has 0 amide bonds. The van der Waals surface area contributed by atoms with Crippen LogP contribution in [0.15, 0.2) is 53.4 Å². The quantitative estimate of drug-likeness (QED) is 0.672. The number of hydrogen-bond donors (Lipinski definition) is 1. The summed E-state index contributed by atoms with van der Waals surface area (Å²) in [6.07, 6.45) is 4.76. The Labute approximate surface area is 171 Å². The van der Waals surface area contributed by atoms with Gasteiger partial charge in [0.2, 0.25) is 10.0 Å². The standard InChI is InChI=1S/C21H27N5O2S/c1-25-23-18-12-9-13-20(21(18)24-25)29(27,28)22-16-19(17-10-5-4-6-11-17)26-14-7-2-3-8-15-26/h4-6,9-13,19,22H,2-3,7-8,14-16H2,1H3. The van der Waals surface area contributed by atoms with Gasteiger partial charge in [0, 0.05) is 19.6 Å². The van der Waals surface area contributed by atoms with Crippen molar-refractivity contribution in [3.05, 3.63) is 54.1 Å². The summed E-state index contributed by atoms with van der Waals surface area (Å²) in [5.41, 5.74) is 2.10. The molecule has 1 unspecified atom stereocenters. The Hall–Kier alpha value is -2.29. The van der Waals surface area contributed by atoms with Gasteiger partial charge in [-0.25, -0.2) is 13.1 Å². The lowest BCUT2D eigenvalue weighted by Crippen LogP contribution is -2.38. The van der Waals surface area contributed by atoms with E-state index in [1.807, 2.05) is 18.2 Å². The fourth-order valence-corrected chi connectivity index (χ4v) is 5.23. The zero-order valence-electron chi connectivity index (χ0n) is 16.7. The molecule has 3 aromatic rings. The lowest BCUT2D eigenvalue weighted by molar-refractivity contribution is 0.206. The molecule has 1 aliphatic rings. The van der Waals surface area contributed by atoms with Gasteiger partial charge in [-0.1, -0.05) is 49.2 Å². The van der Waals surface area contributed by atoms with E-state index in [4.69, 9.17) is 0 Å². The average Bonchev–Trinajstić information content (AvgIpc) is 2.91. The van der Waals surface area contributed by atoms with Gasteiger partial charge < -0.3 is 0 Å². The second kappa shape index (κ2) is 8.61. The summed E-state index contributed by atoms with van der Waals surface area (Å²) in [6.45, 7) is 2.30. The molecule has 1 saturated heterocycles. The van der Waals surface area contributed by atoms with E-state index in [1.54, 1.807) is 25.2 Å². The molecule has 4 rings (SSSR count). The smallest absolute Gasteiger partial charge is 0.242 e. The number of likely N-dealkylation sites (tertiary alicyclic amines) is 1. The summed E-state index contributed by atoms with van der Waals surface area (Å²) in [7, 11) is -2.03. The molecule has 154 valence electrons. The van der Waals surface area contributed by atoms with Crippen molar-refractivity contribution < 1.29 is 8.42 Å². The zero-order valence-corrected chi connectivity index (χ0v) is 17.5. The molecule has 2 aromatic carbocycles. The number of aromatic nitrogens is 3. The van der Waals surface area contributed by atoms with Crippen LogP contribution in [0.4, 0.5) is 0 Å². The molecule has 8 heteroatoms. The topological polar surface area (TPSA) is 80.1 Å². The normalized spacial score (nSPS) is 17.3. The van der Waals surface area contributed by atoms with Gasteiger partial charge >= 0.3 is 0 Å². The Morgan fingerprint density at radius 2 is 1.69 bits per heavy atom. The van der Waals surface area contributed by atoms with Crippen LogP contribution in [-0.4, -0.2) is 47.9 Å². The molecule has 0 spiro atoms. The van der Waals surface area contributed by atoms with Crippen LogP contribution in [0.25, 0.3) is 11.0 Å². The molecule has 1 N–H and O–H groups in total. The van der Waals surface area contributed by atoms with Crippen LogP contribution in [0.3, 0.4) is 0 Å². The lowest BCUT2D eigenvalue weighted by atomic mass is 10.1. The first-order valence-corrected chi connectivity index (χ1v) is 11.6. The fourth-order valence-electron chi connectivity index (χ4n) is 4.04. The summed E-state index contributed by atoms with van der Waals surface area (Å²) in [6, 6.07) is 15.2. The minimum Gasteiger partial charge on any atom is -0.295 e. The summed E-state index contributed by atoms with van der Waals surface area (Å²) in [5, 5.41) is 8.46. The van der Waals surface area contributed by atoms with Crippen molar-refractivity contribution in [1.29, 1.82) is 0 Å². The monoisotopic (exact) mass is 413 g/mol. The molecule has 0 radical (unpaired) electrons. The SMILES string of the molecule is Cn1nc2cccc(S(=O)(=O)NCC(c3ccccc3)N3CCCCCC3)c2n1. The Morgan fingerprint density at radius 1 is 0.966 bits per heavy atom. The average molecular weight is 414 g/mol. The molecular weight excluding hydrogens is 386 g/mol. The highest BCUT2D eigenvalue weighted by atomic mass is 32.2. The summed E-state index contributed by atoms with van der Waals surface area (Å²) < 4.78 is 29.1. The molecule has 29 heavy (non-hydrogen) atoms. The van der Waals surface area contributed by atoms with E-state index in [0.717, 1.165) is 31.5 Å². The Morgan fingerprint density at radius 3 is 2.41 bits per heavy atom. The predicted octanol–water partition coefficient (Wildman–Crippen LogP) is 2.86. The van der Waals surface area contributed by atoms with Crippen LogP contribution >= 0.6 is 0 Å².